The molecule has 0 atom stereocenters. The van der Waals surface area contributed by atoms with E-state index in [1.165, 1.54) is 11.5 Å². The van der Waals surface area contributed by atoms with Gasteiger partial charge < -0.3 is 0 Å². The SMILES string of the molecule is Clc1cccc2ccc(CN3CCSCC3)nc12. The predicted octanol–water partition coefficient (Wildman–Crippen LogP) is 3.44. The maximum atomic E-state index is 6.19. The van der Waals surface area contributed by atoms with Crippen molar-refractivity contribution in [2.75, 3.05) is 24.6 Å². The molecule has 1 saturated heterocycles. The number of fused-ring (bicyclic) bond motifs is 1. The molecule has 0 bridgehead atoms. The van der Waals surface area contributed by atoms with E-state index in [1.807, 2.05) is 23.9 Å². The normalized spacial score (nSPS) is 17.2. The summed E-state index contributed by atoms with van der Waals surface area (Å²) in [6.45, 7) is 3.25. The van der Waals surface area contributed by atoms with E-state index in [0.29, 0.717) is 0 Å². The van der Waals surface area contributed by atoms with Gasteiger partial charge in [-0.3, -0.25) is 4.90 Å². The van der Waals surface area contributed by atoms with E-state index >= 15 is 0 Å². The molecule has 94 valence electrons. The van der Waals surface area contributed by atoms with Crippen LogP contribution in [-0.2, 0) is 6.54 Å². The van der Waals surface area contributed by atoms with E-state index in [9.17, 15) is 0 Å². The van der Waals surface area contributed by atoms with Gasteiger partial charge in [0.1, 0.15) is 0 Å². The Bertz CT molecular complexity index is 552. The summed E-state index contributed by atoms with van der Waals surface area (Å²) < 4.78 is 0. The molecular formula is C14H15ClN2S. The minimum Gasteiger partial charge on any atom is -0.296 e. The maximum Gasteiger partial charge on any atom is 0.0891 e. The summed E-state index contributed by atoms with van der Waals surface area (Å²) in [6.07, 6.45) is 0. The Kier molecular flexibility index (Phi) is 3.73. The van der Waals surface area contributed by atoms with Crippen LogP contribution >= 0.6 is 23.4 Å². The van der Waals surface area contributed by atoms with Gasteiger partial charge in [0.05, 0.1) is 16.2 Å². The molecule has 0 radical (unpaired) electrons. The van der Waals surface area contributed by atoms with E-state index in [0.717, 1.165) is 41.3 Å². The summed E-state index contributed by atoms with van der Waals surface area (Å²) in [5.41, 5.74) is 2.03. The predicted molar refractivity (Wildman–Crippen MR) is 79.4 cm³/mol. The van der Waals surface area contributed by atoms with Crippen LogP contribution in [0.25, 0.3) is 10.9 Å². The minimum atomic E-state index is 0.739. The van der Waals surface area contributed by atoms with Gasteiger partial charge in [-0.2, -0.15) is 11.8 Å². The van der Waals surface area contributed by atoms with E-state index in [4.69, 9.17) is 11.6 Å². The summed E-state index contributed by atoms with van der Waals surface area (Å²) in [4.78, 5) is 7.15. The van der Waals surface area contributed by atoms with Crippen LogP contribution in [0.15, 0.2) is 30.3 Å². The van der Waals surface area contributed by atoms with E-state index in [-0.39, 0.29) is 0 Å². The zero-order valence-corrected chi connectivity index (χ0v) is 11.7. The molecule has 1 fully saturated rings. The topological polar surface area (TPSA) is 16.1 Å². The monoisotopic (exact) mass is 278 g/mol. The van der Waals surface area contributed by atoms with Crippen molar-refractivity contribution in [1.82, 2.24) is 9.88 Å². The molecule has 3 rings (SSSR count). The largest absolute Gasteiger partial charge is 0.296 e. The Labute approximate surface area is 116 Å². The number of halogens is 1. The molecule has 18 heavy (non-hydrogen) atoms. The number of thioether (sulfide) groups is 1. The van der Waals surface area contributed by atoms with Gasteiger partial charge in [-0.25, -0.2) is 4.98 Å². The number of para-hydroxylation sites is 1. The van der Waals surface area contributed by atoms with Crippen molar-refractivity contribution in [3.8, 4) is 0 Å². The first-order chi connectivity index (χ1) is 8.83. The lowest BCUT2D eigenvalue weighted by Gasteiger charge is -2.25. The summed E-state index contributed by atoms with van der Waals surface area (Å²) in [5.74, 6) is 2.46. The molecule has 1 aromatic carbocycles. The molecule has 4 heteroatoms. The van der Waals surface area contributed by atoms with Crippen LogP contribution in [0.1, 0.15) is 5.69 Å². The lowest BCUT2D eigenvalue weighted by atomic mass is 10.2. The van der Waals surface area contributed by atoms with Crippen molar-refractivity contribution in [3.05, 3.63) is 41.0 Å². The van der Waals surface area contributed by atoms with Crippen molar-refractivity contribution in [1.29, 1.82) is 0 Å². The summed E-state index contributed by atoms with van der Waals surface area (Å²) in [7, 11) is 0. The summed E-state index contributed by atoms with van der Waals surface area (Å²) in [6, 6.07) is 10.1. The number of pyridine rings is 1. The van der Waals surface area contributed by atoms with Crippen LogP contribution in [0, 0.1) is 0 Å². The molecule has 0 aliphatic carbocycles. The van der Waals surface area contributed by atoms with E-state index < -0.39 is 0 Å². The fourth-order valence-corrected chi connectivity index (χ4v) is 3.43. The van der Waals surface area contributed by atoms with Gasteiger partial charge in [0, 0.05) is 36.5 Å². The van der Waals surface area contributed by atoms with Crippen LogP contribution in [0.2, 0.25) is 5.02 Å². The molecule has 0 spiro atoms. The van der Waals surface area contributed by atoms with Crippen molar-refractivity contribution >= 4 is 34.3 Å². The average Bonchev–Trinajstić information content (AvgIpc) is 2.41. The number of benzene rings is 1. The van der Waals surface area contributed by atoms with Gasteiger partial charge in [-0.05, 0) is 12.1 Å². The Hall–Kier alpha value is -0.770. The standard InChI is InChI=1S/C14H15ClN2S/c15-13-3-1-2-11-4-5-12(16-14(11)13)10-17-6-8-18-9-7-17/h1-5H,6-10H2. The van der Waals surface area contributed by atoms with Gasteiger partial charge in [0.15, 0.2) is 0 Å². The van der Waals surface area contributed by atoms with Crippen molar-refractivity contribution in [2.24, 2.45) is 0 Å². The number of aromatic nitrogens is 1. The molecule has 0 amide bonds. The highest BCUT2D eigenvalue weighted by Crippen LogP contribution is 2.22. The molecule has 2 nitrogen and oxygen atoms in total. The Balaban J connectivity index is 1.86. The summed E-state index contributed by atoms with van der Waals surface area (Å²) in [5, 5.41) is 1.85. The summed E-state index contributed by atoms with van der Waals surface area (Å²) >= 11 is 8.22. The first-order valence-electron chi connectivity index (χ1n) is 6.17. The van der Waals surface area contributed by atoms with E-state index in [1.54, 1.807) is 0 Å². The Morgan fingerprint density at radius 2 is 2.00 bits per heavy atom. The third-order valence-corrected chi connectivity index (χ3v) is 4.47. The fraction of sp³-hybridized carbons (Fsp3) is 0.357. The number of rotatable bonds is 2. The highest BCUT2D eigenvalue weighted by molar-refractivity contribution is 7.99. The highest BCUT2D eigenvalue weighted by Gasteiger charge is 2.11. The number of hydrogen-bond donors (Lipinski definition) is 0. The second-order valence-corrected chi connectivity index (χ2v) is 6.13. The second-order valence-electron chi connectivity index (χ2n) is 4.50. The molecule has 0 unspecified atom stereocenters. The van der Waals surface area contributed by atoms with Crippen molar-refractivity contribution in [2.45, 2.75) is 6.54 Å². The quantitative estimate of drug-likeness (QED) is 0.837. The zero-order chi connectivity index (χ0) is 12.4. The van der Waals surface area contributed by atoms with Crippen LogP contribution in [0.3, 0.4) is 0 Å². The van der Waals surface area contributed by atoms with Gasteiger partial charge in [-0.1, -0.05) is 29.8 Å². The van der Waals surface area contributed by atoms with Crippen LogP contribution < -0.4 is 0 Å². The van der Waals surface area contributed by atoms with E-state index in [2.05, 4.69) is 28.1 Å². The highest BCUT2D eigenvalue weighted by atomic mass is 35.5. The first-order valence-corrected chi connectivity index (χ1v) is 7.70. The van der Waals surface area contributed by atoms with Gasteiger partial charge >= 0.3 is 0 Å². The fourth-order valence-electron chi connectivity index (χ4n) is 2.23. The average molecular weight is 279 g/mol. The van der Waals surface area contributed by atoms with Crippen molar-refractivity contribution in [3.63, 3.8) is 0 Å². The molecule has 1 aliphatic heterocycles. The first kappa shape index (κ1) is 12.3. The zero-order valence-electron chi connectivity index (χ0n) is 10.1. The maximum absolute atomic E-state index is 6.19. The number of nitrogens with zero attached hydrogens (tertiary/aromatic N) is 2. The third-order valence-electron chi connectivity index (χ3n) is 3.22. The van der Waals surface area contributed by atoms with Crippen LogP contribution in [-0.4, -0.2) is 34.5 Å². The lowest BCUT2D eigenvalue weighted by molar-refractivity contribution is 0.291. The lowest BCUT2D eigenvalue weighted by Crippen LogP contribution is -2.32. The molecule has 2 aromatic rings. The molecule has 0 N–H and O–H groups in total. The molecule has 2 heterocycles. The molecular weight excluding hydrogens is 264 g/mol. The smallest absolute Gasteiger partial charge is 0.0891 e. The Morgan fingerprint density at radius 3 is 2.83 bits per heavy atom. The molecule has 1 aliphatic rings. The molecule has 1 aromatic heterocycles. The minimum absolute atomic E-state index is 0.739. The van der Waals surface area contributed by atoms with Gasteiger partial charge in [0.2, 0.25) is 0 Å². The van der Waals surface area contributed by atoms with Crippen LogP contribution in [0.4, 0.5) is 0 Å². The van der Waals surface area contributed by atoms with Gasteiger partial charge in [-0.15, -0.1) is 0 Å². The second kappa shape index (κ2) is 5.47. The van der Waals surface area contributed by atoms with Gasteiger partial charge in [0.25, 0.3) is 0 Å². The van der Waals surface area contributed by atoms with Crippen molar-refractivity contribution < 1.29 is 0 Å². The number of hydrogen-bond acceptors (Lipinski definition) is 3. The van der Waals surface area contributed by atoms with Crippen LogP contribution in [0.5, 0.6) is 0 Å². The molecule has 0 saturated carbocycles. The third kappa shape index (κ3) is 2.63. The Morgan fingerprint density at radius 1 is 1.17 bits per heavy atom.